The van der Waals surface area contributed by atoms with Gasteiger partial charge < -0.3 is 15.4 Å². The first-order chi connectivity index (χ1) is 10.0. The fourth-order valence-electron chi connectivity index (χ4n) is 2.45. The molecule has 2 rings (SSSR count). The number of halogens is 1. The van der Waals surface area contributed by atoms with Crippen LogP contribution >= 0.6 is 12.4 Å². The van der Waals surface area contributed by atoms with E-state index >= 15 is 0 Å². The van der Waals surface area contributed by atoms with Gasteiger partial charge in [0.1, 0.15) is 0 Å². The lowest BCUT2D eigenvalue weighted by Crippen LogP contribution is -2.48. The third-order valence-corrected chi connectivity index (χ3v) is 3.74. The highest BCUT2D eigenvalue weighted by Gasteiger charge is 2.24. The minimum atomic E-state index is -0.532. The molecule has 0 radical (unpaired) electrons. The van der Waals surface area contributed by atoms with Crippen molar-refractivity contribution in [2.75, 3.05) is 20.2 Å². The van der Waals surface area contributed by atoms with Gasteiger partial charge in [0.05, 0.1) is 12.0 Å². The summed E-state index contributed by atoms with van der Waals surface area (Å²) in [6.07, 6.45) is 0.872. The van der Waals surface area contributed by atoms with Crippen LogP contribution < -0.4 is 15.4 Å². The van der Waals surface area contributed by atoms with Crippen molar-refractivity contribution >= 4 is 24.0 Å². The predicted octanol–water partition coefficient (Wildman–Crippen LogP) is 1.75. The van der Waals surface area contributed by atoms with Gasteiger partial charge in [-0.15, -0.1) is 12.4 Å². The third-order valence-electron chi connectivity index (χ3n) is 3.74. The monoisotopic (exact) mass is 329 g/mol. The Morgan fingerprint density at radius 2 is 2.23 bits per heavy atom. The first-order valence-corrected chi connectivity index (χ1v) is 6.87. The molecule has 1 saturated heterocycles. The maximum absolute atomic E-state index is 12.3. The highest BCUT2D eigenvalue weighted by molar-refractivity contribution is 5.95. The largest absolute Gasteiger partial charge is 0.490 e. The van der Waals surface area contributed by atoms with E-state index in [-0.39, 0.29) is 35.8 Å². The van der Waals surface area contributed by atoms with Crippen molar-refractivity contribution in [3.63, 3.8) is 0 Å². The zero-order chi connectivity index (χ0) is 15.4. The molecule has 1 aromatic carbocycles. The van der Waals surface area contributed by atoms with E-state index in [1.165, 1.54) is 25.3 Å². The van der Waals surface area contributed by atoms with E-state index in [1.807, 2.05) is 0 Å². The molecule has 1 heterocycles. The maximum Gasteiger partial charge on any atom is 0.310 e. The minimum absolute atomic E-state index is 0. The molecule has 22 heavy (non-hydrogen) atoms. The van der Waals surface area contributed by atoms with Gasteiger partial charge in [-0.25, -0.2) is 0 Å². The Morgan fingerprint density at radius 1 is 1.50 bits per heavy atom. The number of methoxy groups -OCH3 is 1. The number of hydrogen-bond donors (Lipinski definition) is 2. The molecule has 122 valence electrons. The molecule has 0 spiro atoms. The van der Waals surface area contributed by atoms with Crippen molar-refractivity contribution in [2.24, 2.45) is 5.92 Å². The smallest absolute Gasteiger partial charge is 0.310 e. The fourth-order valence-corrected chi connectivity index (χ4v) is 2.45. The highest BCUT2D eigenvalue weighted by Crippen LogP contribution is 2.27. The van der Waals surface area contributed by atoms with Crippen LogP contribution in [0, 0.1) is 16.0 Å². The first-order valence-electron chi connectivity index (χ1n) is 6.87. The summed E-state index contributed by atoms with van der Waals surface area (Å²) in [7, 11) is 1.35. The van der Waals surface area contributed by atoms with Crippen LogP contribution in [0.2, 0.25) is 0 Å². The van der Waals surface area contributed by atoms with Crippen molar-refractivity contribution in [3.8, 4) is 5.75 Å². The number of carbonyl (C=O) groups is 1. The third kappa shape index (κ3) is 4.08. The second-order valence-corrected chi connectivity index (χ2v) is 5.19. The predicted molar refractivity (Wildman–Crippen MR) is 84.8 cm³/mol. The van der Waals surface area contributed by atoms with E-state index in [0.29, 0.717) is 11.5 Å². The molecule has 1 fully saturated rings. The zero-order valence-electron chi connectivity index (χ0n) is 12.5. The fraction of sp³-hybridized carbons (Fsp3) is 0.500. The molecular weight excluding hydrogens is 310 g/mol. The molecule has 1 amide bonds. The van der Waals surface area contributed by atoms with Gasteiger partial charge in [-0.3, -0.25) is 14.9 Å². The number of nitrogens with one attached hydrogen (secondary N) is 2. The lowest BCUT2D eigenvalue weighted by Gasteiger charge is -2.30. The van der Waals surface area contributed by atoms with Gasteiger partial charge >= 0.3 is 5.69 Å². The first kappa shape index (κ1) is 18.2. The average molecular weight is 330 g/mol. The number of ether oxygens (including phenoxy) is 1. The van der Waals surface area contributed by atoms with Gasteiger partial charge in [-0.05, 0) is 31.5 Å². The summed E-state index contributed by atoms with van der Waals surface area (Å²) in [5.74, 6) is 0.204. The summed E-state index contributed by atoms with van der Waals surface area (Å²) in [5, 5.41) is 17.1. The van der Waals surface area contributed by atoms with Gasteiger partial charge in [0, 0.05) is 23.7 Å². The average Bonchev–Trinajstić information content (AvgIpc) is 2.48. The summed E-state index contributed by atoms with van der Waals surface area (Å²) in [6, 6.07) is 4.25. The summed E-state index contributed by atoms with van der Waals surface area (Å²) >= 11 is 0. The zero-order valence-corrected chi connectivity index (χ0v) is 13.3. The number of nitro groups is 1. The van der Waals surface area contributed by atoms with E-state index in [1.54, 1.807) is 0 Å². The Bertz CT molecular complexity index is 553. The van der Waals surface area contributed by atoms with Crippen molar-refractivity contribution < 1.29 is 14.5 Å². The Kier molecular flexibility index (Phi) is 6.58. The topological polar surface area (TPSA) is 93.5 Å². The number of rotatable bonds is 4. The molecule has 7 nitrogen and oxygen atoms in total. The molecule has 8 heteroatoms. The number of amides is 1. The Morgan fingerprint density at radius 3 is 2.82 bits per heavy atom. The highest BCUT2D eigenvalue weighted by atomic mass is 35.5. The van der Waals surface area contributed by atoms with Crippen LogP contribution in [0.1, 0.15) is 23.7 Å². The molecule has 2 atom stereocenters. The Hall–Kier alpha value is -1.86. The van der Waals surface area contributed by atoms with Gasteiger partial charge in [-0.2, -0.15) is 0 Å². The van der Waals surface area contributed by atoms with E-state index in [4.69, 9.17) is 4.74 Å². The molecule has 0 saturated carbocycles. The molecule has 2 N–H and O–H groups in total. The minimum Gasteiger partial charge on any atom is -0.490 e. The van der Waals surface area contributed by atoms with Crippen LogP contribution in [-0.4, -0.2) is 37.1 Å². The Balaban J connectivity index is 0.00000242. The standard InChI is InChI=1S/C14H19N3O4.ClH/c1-9-8-15-6-5-11(9)16-14(18)10-3-4-12(17(19)20)13(7-10)21-2;/h3-4,7,9,11,15H,5-6,8H2,1-2H3,(H,16,18);1H. The van der Waals surface area contributed by atoms with Crippen LogP contribution in [0.25, 0.3) is 0 Å². The lowest BCUT2D eigenvalue weighted by atomic mass is 9.95. The molecule has 0 aliphatic carbocycles. The Labute approximate surface area is 135 Å². The number of nitro benzene ring substituents is 1. The van der Waals surface area contributed by atoms with E-state index < -0.39 is 4.92 Å². The summed E-state index contributed by atoms with van der Waals surface area (Å²) < 4.78 is 4.98. The molecule has 1 aromatic rings. The van der Waals surface area contributed by atoms with Crippen molar-refractivity contribution in [3.05, 3.63) is 33.9 Å². The number of carbonyl (C=O) groups excluding carboxylic acids is 1. The number of nitrogens with zero attached hydrogens (tertiary/aromatic N) is 1. The summed E-state index contributed by atoms with van der Waals surface area (Å²) in [6.45, 7) is 3.82. The molecule has 2 unspecified atom stereocenters. The molecule has 0 bridgehead atoms. The second kappa shape index (κ2) is 7.95. The lowest BCUT2D eigenvalue weighted by molar-refractivity contribution is -0.385. The summed E-state index contributed by atoms with van der Waals surface area (Å²) in [4.78, 5) is 22.6. The van der Waals surface area contributed by atoms with Crippen LogP contribution in [0.5, 0.6) is 5.75 Å². The van der Waals surface area contributed by atoms with Crippen molar-refractivity contribution in [2.45, 2.75) is 19.4 Å². The molecule has 0 aromatic heterocycles. The second-order valence-electron chi connectivity index (χ2n) is 5.19. The number of hydrogen-bond acceptors (Lipinski definition) is 5. The van der Waals surface area contributed by atoms with Crippen LogP contribution in [0.4, 0.5) is 5.69 Å². The van der Waals surface area contributed by atoms with Crippen LogP contribution in [-0.2, 0) is 0 Å². The SMILES string of the molecule is COc1cc(C(=O)NC2CCNCC2C)ccc1[N+](=O)[O-].Cl. The number of benzene rings is 1. The summed E-state index contributed by atoms with van der Waals surface area (Å²) in [5.41, 5.74) is 0.215. The van der Waals surface area contributed by atoms with Crippen molar-refractivity contribution in [1.29, 1.82) is 0 Å². The molecule has 1 aliphatic heterocycles. The van der Waals surface area contributed by atoms with Crippen molar-refractivity contribution in [1.82, 2.24) is 10.6 Å². The van der Waals surface area contributed by atoms with E-state index in [9.17, 15) is 14.9 Å². The molecular formula is C14H20ClN3O4. The van der Waals surface area contributed by atoms with Gasteiger partial charge in [-0.1, -0.05) is 6.92 Å². The van der Waals surface area contributed by atoms with E-state index in [2.05, 4.69) is 17.6 Å². The van der Waals surface area contributed by atoms with Gasteiger partial charge in [0.2, 0.25) is 0 Å². The van der Waals surface area contributed by atoms with E-state index in [0.717, 1.165) is 19.5 Å². The van der Waals surface area contributed by atoms with Gasteiger partial charge in [0.25, 0.3) is 5.91 Å². The normalized spacial score (nSPS) is 20.6. The maximum atomic E-state index is 12.3. The van der Waals surface area contributed by atoms with Gasteiger partial charge in [0.15, 0.2) is 5.75 Å². The molecule has 1 aliphatic rings. The van der Waals surface area contributed by atoms with Crippen LogP contribution in [0.15, 0.2) is 18.2 Å². The quantitative estimate of drug-likeness (QED) is 0.648. The van der Waals surface area contributed by atoms with Crippen LogP contribution in [0.3, 0.4) is 0 Å². The number of piperidine rings is 1.